The number of rotatable bonds is 1. The number of hydrogen-bond acceptors (Lipinski definition) is 3. The number of oxazole rings is 1. The predicted octanol–water partition coefficient (Wildman–Crippen LogP) is 1.78. The predicted molar refractivity (Wildman–Crippen MR) is 40.6 cm³/mol. The summed E-state index contributed by atoms with van der Waals surface area (Å²) >= 11 is 0. The van der Waals surface area contributed by atoms with Crippen molar-refractivity contribution in [2.45, 2.75) is 26.2 Å². The van der Waals surface area contributed by atoms with Crippen molar-refractivity contribution in [2.75, 3.05) is 0 Å². The minimum Gasteiger partial charge on any atom is -0.440 e. The third-order valence-electron chi connectivity index (χ3n) is 1.41. The van der Waals surface area contributed by atoms with Crippen LogP contribution in [-0.4, -0.2) is 11.3 Å². The summed E-state index contributed by atoms with van der Waals surface area (Å²) in [7, 11) is 0. The van der Waals surface area contributed by atoms with Crippen molar-refractivity contribution in [2.24, 2.45) is 0 Å². The third-order valence-corrected chi connectivity index (χ3v) is 1.41. The summed E-state index contributed by atoms with van der Waals surface area (Å²) in [5.74, 6) is 0.331. The van der Waals surface area contributed by atoms with Gasteiger partial charge in [-0.15, -0.1) is 0 Å². The standard InChI is InChI=1S/C8H11NO2/c1-8(2,3)7-6(4-10)11-5-9-7/h4-5H,1-3H3. The topological polar surface area (TPSA) is 43.1 Å². The molecule has 1 aromatic heterocycles. The lowest BCUT2D eigenvalue weighted by molar-refractivity contribution is 0.109. The summed E-state index contributed by atoms with van der Waals surface area (Å²) in [6.07, 6.45) is 1.98. The summed E-state index contributed by atoms with van der Waals surface area (Å²) in [4.78, 5) is 14.4. The molecule has 0 aliphatic heterocycles. The highest BCUT2D eigenvalue weighted by atomic mass is 16.3. The number of aromatic nitrogens is 1. The van der Waals surface area contributed by atoms with Crippen LogP contribution in [0.25, 0.3) is 0 Å². The number of carbonyl (C=O) groups excluding carboxylic acids is 1. The lowest BCUT2D eigenvalue weighted by Gasteiger charge is -2.14. The van der Waals surface area contributed by atoms with Crippen LogP contribution >= 0.6 is 0 Å². The second-order valence-electron chi connectivity index (χ2n) is 3.43. The summed E-state index contributed by atoms with van der Waals surface area (Å²) in [6.45, 7) is 5.95. The van der Waals surface area contributed by atoms with Gasteiger partial charge in [-0.2, -0.15) is 0 Å². The molecule has 3 heteroatoms. The summed E-state index contributed by atoms with van der Waals surface area (Å²) in [5, 5.41) is 0. The van der Waals surface area contributed by atoms with E-state index in [4.69, 9.17) is 4.42 Å². The zero-order chi connectivity index (χ0) is 8.48. The van der Waals surface area contributed by atoms with Crippen LogP contribution in [0.5, 0.6) is 0 Å². The van der Waals surface area contributed by atoms with E-state index in [1.54, 1.807) is 0 Å². The maximum Gasteiger partial charge on any atom is 0.190 e. The molecule has 60 valence electrons. The molecule has 0 aliphatic carbocycles. The largest absolute Gasteiger partial charge is 0.440 e. The average molecular weight is 153 g/mol. The van der Waals surface area contributed by atoms with Gasteiger partial charge < -0.3 is 4.42 Å². The van der Waals surface area contributed by atoms with E-state index in [1.807, 2.05) is 20.8 Å². The molecule has 0 N–H and O–H groups in total. The minimum absolute atomic E-state index is 0.122. The Morgan fingerprint density at radius 2 is 2.18 bits per heavy atom. The van der Waals surface area contributed by atoms with Gasteiger partial charge in [-0.3, -0.25) is 4.79 Å². The number of aldehydes is 1. The van der Waals surface area contributed by atoms with Crippen LogP contribution in [0.15, 0.2) is 10.8 Å². The highest BCUT2D eigenvalue weighted by Crippen LogP contribution is 2.22. The SMILES string of the molecule is CC(C)(C)c1ncoc1C=O. The van der Waals surface area contributed by atoms with Crippen molar-refractivity contribution >= 4 is 6.29 Å². The fourth-order valence-electron chi connectivity index (χ4n) is 0.902. The van der Waals surface area contributed by atoms with Gasteiger partial charge in [-0.25, -0.2) is 4.98 Å². The second-order valence-corrected chi connectivity index (χ2v) is 3.43. The van der Waals surface area contributed by atoms with E-state index >= 15 is 0 Å². The van der Waals surface area contributed by atoms with E-state index in [-0.39, 0.29) is 5.41 Å². The Hall–Kier alpha value is -1.12. The Balaban J connectivity index is 3.12. The molecule has 0 unspecified atom stereocenters. The highest BCUT2D eigenvalue weighted by molar-refractivity contribution is 5.72. The first-order valence-electron chi connectivity index (χ1n) is 3.45. The molecule has 0 saturated heterocycles. The van der Waals surface area contributed by atoms with Crippen LogP contribution < -0.4 is 0 Å². The van der Waals surface area contributed by atoms with Crippen LogP contribution in [-0.2, 0) is 5.41 Å². The van der Waals surface area contributed by atoms with Crippen molar-refractivity contribution < 1.29 is 9.21 Å². The van der Waals surface area contributed by atoms with Gasteiger partial charge in [0.05, 0.1) is 5.69 Å². The van der Waals surface area contributed by atoms with Gasteiger partial charge >= 0.3 is 0 Å². The normalized spacial score (nSPS) is 11.5. The molecule has 0 aromatic carbocycles. The number of nitrogens with zero attached hydrogens (tertiary/aromatic N) is 1. The molecule has 0 atom stereocenters. The van der Waals surface area contributed by atoms with Crippen LogP contribution in [0.3, 0.4) is 0 Å². The van der Waals surface area contributed by atoms with E-state index in [1.165, 1.54) is 6.39 Å². The van der Waals surface area contributed by atoms with Gasteiger partial charge in [-0.05, 0) is 0 Å². The summed E-state index contributed by atoms with van der Waals surface area (Å²) < 4.78 is 4.86. The fourth-order valence-corrected chi connectivity index (χ4v) is 0.902. The highest BCUT2D eigenvalue weighted by Gasteiger charge is 2.21. The van der Waals surface area contributed by atoms with Crippen molar-refractivity contribution in [3.05, 3.63) is 17.8 Å². The molecule has 3 nitrogen and oxygen atoms in total. The molecule has 11 heavy (non-hydrogen) atoms. The lowest BCUT2D eigenvalue weighted by atomic mass is 9.91. The van der Waals surface area contributed by atoms with Crippen molar-refractivity contribution in [3.63, 3.8) is 0 Å². The smallest absolute Gasteiger partial charge is 0.190 e. The summed E-state index contributed by atoms with van der Waals surface area (Å²) in [6, 6.07) is 0. The van der Waals surface area contributed by atoms with E-state index in [0.29, 0.717) is 17.7 Å². The van der Waals surface area contributed by atoms with Gasteiger partial charge in [0, 0.05) is 5.41 Å². The van der Waals surface area contributed by atoms with E-state index in [0.717, 1.165) is 0 Å². The Morgan fingerprint density at radius 3 is 2.55 bits per heavy atom. The van der Waals surface area contributed by atoms with Crippen LogP contribution in [0.2, 0.25) is 0 Å². The van der Waals surface area contributed by atoms with Crippen molar-refractivity contribution in [3.8, 4) is 0 Å². The first kappa shape index (κ1) is 7.98. The third kappa shape index (κ3) is 1.48. The molecule has 0 spiro atoms. The van der Waals surface area contributed by atoms with Crippen LogP contribution in [0.4, 0.5) is 0 Å². The molecule has 1 rings (SSSR count). The van der Waals surface area contributed by atoms with Gasteiger partial charge in [0.25, 0.3) is 0 Å². The van der Waals surface area contributed by atoms with Crippen LogP contribution in [0.1, 0.15) is 37.0 Å². The molecule has 1 heterocycles. The summed E-state index contributed by atoms with van der Waals surface area (Å²) in [5.41, 5.74) is 0.593. The maximum atomic E-state index is 10.4. The number of carbonyl (C=O) groups is 1. The zero-order valence-electron chi connectivity index (χ0n) is 6.92. The first-order chi connectivity index (χ1) is 5.05. The molecule has 0 fully saturated rings. The van der Waals surface area contributed by atoms with Gasteiger partial charge in [0.2, 0.25) is 0 Å². The van der Waals surface area contributed by atoms with Gasteiger partial charge in [-0.1, -0.05) is 20.8 Å². The molecule has 0 radical (unpaired) electrons. The molecule has 0 aliphatic rings. The molecule has 0 saturated carbocycles. The quantitative estimate of drug-likeness (QED) is 0.577. The minimum atomic E-state index is -0.122. The first-order valence-corrected chi connectivity index (χ1v) is 3.45. The average Bonchev–Trinajstić information content (AvgIpc) is 2.31. The number of hydrogen-bond donors (Lipinski definition) is 0. The van der Waals surface area contributed by atoms with E-state index < -0.39 is 0 Å². The van der Waals surface area contributed by atoms with E-state index in [9.17, 15) is 4.79 Å². The van der Waals surface area contributed by atoms with Gasteiger partial charge in [0.1, 0.15) is 0 Å². The van der Waals surface area contributed by atoms with Gasteiger partial charge in [0.15, 0.2) is 18.4 Å². The monoisotopic (exact) mass is 153 g/mol. The molecule has 1 aromatic rings. The fraction of sp³-hybridized carbons (Fsp3) is 0.500. The van der Waals surface area contributed by atoms with E-state index in [2.05, 4.69) is 4.98 Å². The lowest BCUT2D eigenvalue weighted by Crippen LogP contribution is -2.13. The Labute approximate surface area is 65.4 Å². The molecular formula is C8H11NO2. The Bertz CT molecular complexity index is 257. The molecule has 0 amide bonds. The Kier molecular flexibility index (Phi) is 1.81. The van der Waals surface area contributed by atoms with Crippen molar-refractivity contribution in [1.82, 2.24) is 4.98 Å². The Morgan fingerprint density at radius 1 is 1.55 bits per heavy atom. The van der Waals surface area contributed by atoms with Crippen LogP contribution in [0, 0.1) is 0 Å². The van der Waals surface area contributed by atoms with Crippen molar-refractivity contribution in [1.29, 1.82) is 0 Å². The second kappa shape index (κ2) is 2.49. The zero-order valence-corrected chi connectivity index (χ0v) is 6.92. The maximum absolute atomic E-state index is 10.4. The molecule has 0 bridgehead atoms. The molecular weight excluding hydrogens is 142 g/mol.